The molecule has 1 aliphatic rings. The van der Waals surface area contributed by atoms with Crippen molar-refractivity contribution in [2.45, 2.75) is 44.6 Å². The third-order valence-electron chi connectivity index (χ3n) is 4.22. The van der Waals surface area contributed by atoms with Crippen molar-refractivity contribution in [1.82, 2.24) is 4.90 Å². The number of methoxy groups -OCH3 is 1. The van der Waals surface area contributed by atoms with Crippen LogP contribution in [0.1, 0.15) is 38.2 Å². The molecule has 0 saturated carbocycles. The van der Waals surface area contributed by atoms with Gasteiger partial charge in [-0.15, -0.1) is 0 Å². The Bertz CT molecular complexity index is 485. The number of carbonyl (C=O) groups excluding carboxylic acids is 1. The second kappa shape index (κ2) is 6.94. The summed E-state index contributed by atoms with van der Waals surface area (Å²) in [4.78, 5) is 14.2. The van der Waals surface area contributed by atoms with Gasteiger partial charge in [0.1, 0.15) is 5.75 Å². The Kier molecular flexibility index (Phi) is 5.23. The van der Waals surface area contributed by atoms with E-state index in [2.05, 4.69) is 0 Å². The van der Waals surface area contributed by atoms with Crippen molar-refractivity contribution in [3.8, 4) is 5.75 Å². The molecule has 1 aliphatic heterocycles. The van der Waals surface area contributed by atoms with Crippen molar-refractivity contribution < 1.29 is 14.6 Å². The van der Waals surface area contributed by atoms with Gasteiger partial charge in [0.2, 0.25) is 5.91 Å². The van der Waals surface area contributed by atoms with Crippen LogP contribution in [0.4, 0.5) is 0 Å². The summed E-state index contributed by atoms with van der Waals surface area (Å²) in [6, 6.07) is 7.81. The number of ether oxygens (including phenoxy) is 1. The molecule has 0 bridgehead atoms. The average Bonchev–Trinajstić information content (AvgIpc) is 2.66. The largest absolute Gasteiger partial charge is 0.496 e. The van der Waals surface area contributed by atoms with E-state index < -0.39 is 5.60 Å². The van der Waals surface area contributed by atoms with Gasteiger partial charge < -0.3 is 14.7 Å². The van der Waals surface area contributed by atoms with Crippen molar-refractivity contribution in [2.75, 3.05) is 20.2 Å². The first kappa shape index (κ1) is 15.8. The van der Waals surface area contributed by atoms with Crippen LogP contribution >= 0.6 is 0 Å². The summed E-state index contributed by atoms with van der Waals surface area (Å²) in [5, 5.41) is 10.1. The van der Waals surface area contributed by atoms with Crippen LogP contribution in [-0.4, -0.2) is 41.7 Å². The highest BCUT2D eigenvalue weighted by molar-refractivity contribution is 5.76. The Morgan fingerprint density at radius 3 is 2.86 bits per heavy atom. The smallest absolute Gasteiger partial charge is 0.222 e. The Labute approximate surface area is 126 Å². The number of amides is 1. The molecule has 0 spiro atoms. The molecule has 0 aliphatic carbocycles. The molecule has 0 aromatic heterocycles. The maximum atomic E-state index is 12.3. The third-order valence-corrected chi connectivity index (χ3v) is 4.22. The molecule has 1 aromatic carbocycles. The number of carbonyl (C=O) groups is 1. The third kappa shape index (κ3) is 4.46. The number of hydrogen-bond donors (Lipinski definition) is 1. The van der Waals surface area contributed by atoms with E-state index in [0.29, 0.717) is 25.8 Å². The molecule has 1 atom stereocenters. The van der Waals surface area contributed by atoms with Crippen LogP contribution in [0.3, 0.4) is 0 Å². The van der Waals surface area contributed by atoms with E-state index in [4.69, 9.17) is 4.74 Å². The zero-order valence-electron chi connectivity index (χ0n) is 13.0. The van der Waals surface area contributed by atoms with Crippen LogP contribution < -0.4 is 4.74 Å². The second-order valence-corrected chi connectivity index (χ2v) is 6.04. The molecule has 1 saturated heterocycles. The van der Waals surface area contributed by atoms with Crippen LogP contribution in [0.5, 0.6) is 5.75 Å². The predicted octanol–water partition coefficient (Wildman–Crippen LogP) is 2.39. The summed E-state index contributed by atoms with van der Waals surface area (Å²) in [5.41, 5.74) is 0.438. The number of likely N-dealkylation sites (tertiary alicyclic amines) is 1. The maximum absolute atomic E-state index is 12.3. The summed E-state index contributed by atoms with van der Waals surface area (Å²) in [6.07, 6.45) is 3.47. The monoisotopic (exact) mass is 291 g/mol. The molecule has 2 rings (SSSR count). The molecule has 1 N–H and O–H groups in total. The van der Waals surface area contributed by atoms with Crippen LogP contribution in [-0.2, 0) is 11.2 Å². The minimum atomic E-state index is -0.627. The molecule has 4 heteroatoms. The van der Waals surface area contributed by atoms with Crippen LogP contribution in [0.15, 0.2) is 24.3 Å². The molecular formula is C17H25NO3. The van der Waals surface area contributed by atoms with Crippen molar-refractivity contribution in [3.05, 3.63) is 29.8 Å². The number of benzene rings is 1. The summed E-state index contributed by atoms with van der Waals surface area (Å²) >= 11 is 0. The number of nitrogens with zero attached hydrogens (tertiary/aromatic N) is 1. The van der Waals surface area contributed by atoms with Gasteiger partial charge in [-0.25, -0.2) is 0 Å². The van der Waals surface area contributed by atoms with Gasteiger partial charge in [0, 0.05) is 19.5 Å². The van der Waals surface area contributed by atoms with Crippen molar-refractivity contribution in [1.29, 1.82) is 0 Å². The number of para-hydroxylation sites is 1. The van der Waals surface area contributed by atoms with Crippen LogP contribution in [0.25, 0.3) is 0 Å². The molecule has 1 amide bonds. The van der Waals surface area contributed by atoms with Gasteiger partial charge >= 0.3 is 0 Å². The SMILES string of the molecule is COc1ccccc1CCC(=O)N1CCCC(C)(O)CC1. The van der Waals surface area contributed by atoms with Gasteiger partial charge in [0.25, 0.3) is 0 Å². The van der Waals surface area contributed by atoms with Gasteiger partial charge in [-0.2, -0.15) is 0 Å². The topological polar surface area (TPSA) is 49.8 Å². The lowest BCUT2D eigenvalue weighted by atomic mass is 9.98. The molecule has 1 aromatic rings. The van der Waals surface area contributed by atoms with Gasteiger partial charge in [0.15, 0.2) is 0 Å². The van der Waals surface area contributed by atoms with Gasteiger partial charge in [-0.05, 0) is 44.2 Å². The minimum absolute atomic E-state index is 0.165. The number of aryl methyl sites for hydroxylation is 1. The lowest BCUT2D eigenvalue weighted by Gasteiger charge is -2.22. The lowest BCUT2D eigenvalue weighted by Crippen LogP contribution is -2.33. The first-order valence-corrected chi connectivity index (χ1v) is 7.64. The lowest BCUT2D eigenvalue weighted by molar-refractivity contribution is -0.131. The van der Waals surface area contributed by atoms with E-state index in [-0.39, 0.29) is 5.91 Å². The van der Waals surface area contributed by atoms with Crippen molar-refractivity contribution in [3.63, 3.8) is 0 Å². The molecule has 116 valence electrons. The first-order valence-electron chi connectivity index (χ1n) is 7.64. The van der Waals surface area contributed by atoms with E-state index in [9.17, 15) is 9.90 Å². The van der Waals surface area contributed by atoms with E-state index in [1.54, 1.807) is 7.11 Å². The van der Waals surface area contributed by atoms with E-state index in [0.717, 1.165) is 30.7 Å². The molecule has 21 heavy (non-hydrogen) atoms. The summed E-state index contributed by atoms with van der Waals surface area (Å²) in [6.45, 7) is 3.26. The van der Waals surface area contributed by atoms with Crippen molar-refractivity contribution in [2.24, 2.45) is 0 Å². The quantitative estimate of drug-likeness (QED) is 0.926. The van der Waals surface area contributed by atoms with E-state index in [1.165, 1.54) is 0 Å². The molecular weight excluding hydrogens is 266 g/mol. The number of hydrogen-bond acceptors (Lipinski definition) is 3. The van der Waals surface area contributed by atoms with Crippen LogP contribution in [0.2, 0.25) is 0 Å². The average molecular weight is 291 g/mol. The zero-order chi connectivity index (χ0) is 15.3. The summed E-state index contributed by atoms with van der Waals surface area (Å²) in [5.74, 6) is 1.00. The fourth-order valence-electron chi connectivity index (χ4n) is 2.82. The summed E-state index contributed by atoms with van der Waals surface area (Å²) < 4.78 is 5.31. The van der Waals surface area contributed by atoms with E-state index in [1.807, 2.05) is 36.1 Å². The fourth-order valence-corrected chi connectivity index (χ4v) is 2.82. The normalized spacial score (nSPS) is 22.7. The van der Waals surface area contributed by atoms with Crippen LogP contribution in [0, 0.1) is 0 Å². The Morgan fingerprint density at radius 2 is 2.10 bits per heavy atom. The Morgan fingerprint density at radius 1 is 1.33 bits per heavy atom. The second-order valence-electron chi connectivity index (χ2n) is 6.04. The zero-order valence-corrected chi connectivity index (χ0v) is 13.0. The summed E-state index contributed by atoms with van der Waals surface area (Å²) in [7, 11) is 1.65. The molecule has 4 nitrogen and oxygen atoms in total. The molecule has 1 fully saturated rings. The van der Waals surface area contributed by atoms with Gasteiger partial charge in [0.05, 0.1) is 12.7 Å². The Hall–Kier alpha value is -1.55. The highest BCUT2D eigenvalue weighted by Gasteiger charge is 2.26. The predicted molar refractivity (Wildman–Crippen MR) is 82.4 cm³/mol. The van der Waals surface area contributed by atoms with Gasteiger partial charge in [-0.1, -0.05) is 18.2 Å². The minimum Gasteiger partial charge on any atom is -0.496 e. The standard InChI is InChI=1S/C17H25NO3/c1-17(20)10-5-12-18(13-11-17)16(19)9-8-14-6-3-4-7-15(14)21-2/h3-4,6-7,20H,5,8-13H2,1-2H3. The molecule has 1 unspecified atom stereocenters. The number of aliphatic hydroxyl groups is 1. The Balaban J connectivity index is 1.90. The fraction of sp³-hybridized carbons (Fsp3) is 0.588. The highest BCUT2D eigenvalue weighted by atomic mass is 16.5. The number of rotatable bonds is 4. The van der Waals surface area contributed by atoms with E-state index >= 15 is 0 Å². The highest BCUT2D eigenvalue weighted by Crippen LogP contribution is 2.23. The van der Waals surface area contributed by atoms with Crippen molar-refractivity contribution >= 4 is 5.91 Å². The van der Waals surface area contributed by atoms with Gasteiger partial charge in [-0.3, -0.25) is 4.79 Å². The first-order chi connectivity index (χ1) is 10.0. The maximum Gasteiger partial charge on any atom is 0.222 e. The molecule has 0 radical (unpaired) electrons. The molecule has 1 heterocycles.